The van der Waals surface area contributed by atoms with Gasteiger partial charge in [-0.3, -0.25) is 4.79 Å². The van der Waals surface area contributed by atoms with Crippen LogP contribution in [0.25, 0.3) is 11.4 Å². The van der Waals surface area contributed by atoms with E-state index in [-0.39, 0.29) is 18.6 Å². The number of aliphatic hydroxyl groups is 1. The third kappa shape index (κ3) is 4.43. The van der Waals surface area contributed by atoms with Gasteiger partial charge in [0.25, 0.3) is 6.47 Å². The molecule has 6 nitrogen and oxygen atoms in total. The summed E-state index contributed by atoms with van der Waals surface area (Å²) in [6.07, 6.45) is 7.77. The molecule has 1 aromatic carbocycles. The Bertz CT molecular complexity index is 754. The van der Waals surface area contributed by atoms with Gasteiger partial charge in [0.05, 0.1) is 5.56 Å². The molecule has 7 heteroatoms. The van der Waals surface area contributed by atoms with Gasteiger partial charge in [-0.25, -0.2) is 9.37 Å². The number of aliphatic hydroxyl groups excluding tert-OH is 1. The van der Waals surface area contributed by atoms with Crippen molar-refractivity contribution in [3.63, 3.8) is 0 Å². The fourth-order valence-electron chi connectivity index (χ4n) is 3.26. The van der Waals surface area contributed by atoms with Crippen molar-refractivity contribution in [3.8, 4) is 17.5 Å². The number of imidazole rings is 1. The fourth-order valence-corrected chi connectivity index (χ4v) is 3.26. The van der Waals surface area contributed by atoms with Crippen molar-refractivity contribution in [2.45, 2.75) is 31.7 Å². The number of carboxylic acid groups (broad SMARTS) is 1. The van der Waals surface area contributed by atoms with Gasteiger partial charge >= 0.3 is 0 Å². The van der Waals surface area contributed by atoms with E-state index in [0.29, 0.717) is 12.0 Å². The van der Waals surface area contributed by atoms with Gasteiger partial charge in [-0.1, -0.05) is 6.42 Å². The Morgan fingerprint density at radius 2 is 2.20 bits per heavy atom. The van der Waals surface area contributed by atoms with E-state index in [4.69, 9.17) is 15.2 Å². The predicted octanol–water partition coefficient (Wildman–Crippen LogP) is 2.99. The second-order valence-corrected chi connectivity index (χ2v) is 5.94. The van der Waals surface area contributed by atoms with Crippen LogP contribution in [0.2, 0.25) is 0 Å². The molecule has 1 aliphatic rings. The molecular weight excluding hydrogens is 325 g/mol. The lowest BCUT2D eigenvalue weighted by Gasteiger charge is -2.30. The van der Waals surface area contributed by atoms with Crippen LogP contribution >= 0.6 is 0 Å². The lowest BCUT2D eigenvalue weighted by atomic mass is 9.86. The van der Waals surface area contributed by atoms with E-state index in [9.17, 15) is 9.50 Å². The van der Waals surface area contributed by atoms with Crippen molar-refractivity contribution < 1.29 is 19.4 Å². The van der Waals surface area contributed by atoms with Gasteiger partial charge in [0, 0.05) is 30.6 Å². The van der Waals surface area contributed by atoms with E-state index >= 15 is 0 Å². The smallest absolute Gasteiger partial charge is 0.290 e. The van der Waals surface area contributed by atoms with Crippen LogP contribution in [0.4, 0.5) is 4.39 Å². The van der Waals surface area contributed by atoms with E-state index in [0.717, 1.165) is 37.1 Å². The third-order valence-electron chi connectivity index (χ3n) is 4.42. The second-order valence-electron chi connectivity index (χ2n) is 5.94. The molecule has 0 radical (unpaired) electrons. The summed E-state index contributed by atoms with van der Waals surface area (Å²) in [7, 11) is 0. The largest absolute Gasteiger partial charge is 0.483 e. The van der Waals surface area contributed by atoms with Crippen molar-refractivity contribution in [2.75, 3.05) is 6.61 Å². The summed E-state index contributed by atoms with van der Waals surface area (Å²) >= 11 is 0. The highest BCUT2D eigenvalue weighted by Gasteiger charge is 2.24. The lowest BCUT2D eigenvalue weighted by Crippen LogP contribution is -2.21. The Labute approximate surface area is 145 Å². The first-order valence-corrected chi connectivity index (χ1v) is 8.06. The van der Waals surface area contributed by atoms with Gasteiger partial charge in [-0.2, -0.15) is 5.26 Å². The molecule has 2 N–H and O–H groups in total. The van der Waals surface area contributed by atoms with Crippen molar-refractivity contribution in [2.24, 2.45) is 5.92 Å². The first-order chi connectivity index (χ1) is 12.1. The van der Waals surface area contributed by atoms with Crippen LogP contribution < -0.4 is 0 Å². The van der Waals surface area contributed by atoms with Gasteiger partial charge in [0.15, 0.2) is 0 Å². The number of halogens is 1. The number of aromatic nitrogens is 2. The Kier molecular flexibility index (Phi) is 6.66. The van der Waals surface area contributed by atoms with Crippen molar-refractivity contribution in [3.05, 3.63) is 42.0 Å². The SMILES string of the molecule is N#Cc1cc(-c2nccn2[C@@H]2CCC[C@@H](CO)C2)ccc1F.O=CO. The molecule has 25 heavy (non-hydrogen) atoms. The topological polar surface area (TPSA) is 99.1 Å². The molecule has 2 aromatic rings. The maximum atomic E-state index is 13.5. The molecule has 1 heterocycles. The average molecular weight is 345 g/mol. The quantitative estimate of drug-likeness (QED) is 0.833. The van der Waals surface area contributed by atoms with Crippen LogP contribution in [0.3, 0.4) is 0 Å². The fraction of sp³-hybridized carbons (Fsp3) is 0.389. The highest BCUT2D eigenvalue weighted by molar-refractivity contribution is 5.59. The highest BCUT2D eigenvalue weighted by Crippen LogP contribution is 2.35. The molecule has 0 amide bonds. The van der Waals surface area contributed by atoms with E-state index < -0.39 is 5.82 Å². The van der Waals surface area contributed by atoms with E-state index in [1.54, 1.807) is 18.3 Å². The second kappa shape index (κ2) is 8.94. The Morgan fingerprint density at radius 3 is 2.88 bits per heavy atom. The van der Waals surface area contributed by atoms with Crippen LogP contribution in [0.5, 0.6) is 0 Å². The normalized spacial score (nSPS) is 19.4. The maximum absolute atomic E-state index is 13.5. The molecular formula is C18H20FN3O3. The Morgan fingerprint density at radius 1 is 1.44 bits per heavy atom. The number of nitriles is 1. The minimum atomic E-state index is -0.512. The molecule has 0 saturated heterocycles. The number of nitrogens with zero attached hydrogens (tertiary/aromatic N) is 3. The monoisotopic (exact) mass is 345 g/mol. The molecule has 132 valence electrons. The van der Waals surface area contributed by atoms with Crippen LogP contribution in [-0.4, -0.2) is 32.8 Å². The maximum Gasteiger partial charge on any atom is 0.290 e. The molecule has 0 bridgehead atoms. The van der Waals surface area contributed by atoms with Crippen molar-refractivity contribution in [1.29, 1.82) is 5.26 Å². The molecule has 1 aromatic heterocycles. The summed E-state index contributed by atoms with van der Waals surface area (Å²) in [5, 5.41) is 25.3. The molecule has 0 spiro atoms. The minimum Gasteiger partial charge on any atom is -0.483 e. The van der Waals surface area contributed by atoms with Crippen LogP contribution in [0.15, 0.2) is 30.6 Å². The third-order valence-corrected chi connectivity index (χ3v) is 4.42. The standard InChI is InChI=1S/C17H18FN3O.CH2O2/c18-16-5-4-13(9-14(16)10-19)17-20-6-7-21(17)15-3-1-2-12(8-15)11-22;2-1-3/h4-7,9,12,15,22H,1-3,8,11H2;1H,(H,2,3)/t12-,15-;/m1./s1. The summed E-state index contributed by atoms with van der Waals surface area (Å²) in [5.41, 5.74) is 0.776. The van der Waals surface area contributed by atoms with Gasteiger partial charge in [-0.15, -0.1) is 0 Å². The van der Waals surface area contributed by atoms with E-state index in [2.05, 4.69) is 9.55 Å². The first-order valence-electron chi connectivity index (χ1n) is 8.06. The van der Waals surface area contributed by atoms with Crippen molar-refractivity contribution in [1.82, 2.24) is 9.55 Å². The summed E-state index contributed by atoms with van der Waals surface area (Å²) in [4.78, 5) is 12.7. The van der Waals surface area contributed by atoms with Gasteiger partial charge < -0.3 is 14.8 Å². The molecule has 0 aliphatic heterocycles. The van der Waals surface area contributed by atoms with E-state index in [1.165, 1.54) is 6.07 Å². The Hall–Kier alpha value is -2.72. The molecule has 1 saturated carbocycles. The van der Waals surface area contributed by atoms with Crippen LogP contribution in [0, 0.1) is 23.1 Å². The summed E-state index contributed by atoms with van der Waals surface area (Å²) in [6.45, 7) is -0.0321. The summed E-state index contributed by atoms with van der Waals surface area (Å²) < 4.78 is 15.6. The molecule has 2 atom stereocenters. The zero-order chi connectivity index (χ0) is 18.2. The average Bonchev–Trinajstić information content (AvgIpc) is 3.12. The number of rotatable bonds is 3. The predicted molar refractivity (Wildman–Crippen MR) is 89.1 cm³/mol. The van der Waals surface area contributed by atoms with Gasteiger partial charge in [-0.05, 0) is 43.4 Å². The zero-order valence-corrected chi connectivity index (χ0v) is 13.7. The summed E-state index contributed by atoms with van der Waals surface area (Å²) in [5.74, 6) is 0.569. The molecule has 3 rings (SSSR count). The Balaban J connectivity index is 0.000000701. The molecule has 1 fully saturated rings. The zero-order valence-electron chi connectivity index (χ0n) is 13.7. The van der Waals surface area contributed by atoms with Crippen LogP contribution in [-0.2, 0) is 4.79 Å². The number of benzene rings is 1. The van der Waals surface area contributed by atoms with Gasteiger partial charge in [0.1, 0.15) is 17.7 Å². The summed E-state index contributed by atoms with van der Waals surface area (Å²) in [6, 6.07) is 6.66. The van der Waals surface area contributed by atoms with Gasteiger partial charge in [0.2, 0.25) is 0 Å². The van der Waals surface area contributed by atoms with Crippen LogP contribution in [0.1, 0.15) is 37.3 Å². The minimum absolute atomic E-state index is 0.0314. The number of hydrogen-bond donors (Lipinski definition) is 2. The molecule has 1 aliphatic carbocycles. The van der Waals surface area contributed by atoms with E-state index in [1.807, 2.05) is 12.3 Å². The number of hydrogen-bond acceptors (Lipinski definition) is 4. The lowest BCUT2D eigenvalue weighted by molar-refractivity contribution is -0.122. The van der Waals surface area contributed by atoms with Crippen molar-refractivity contribution >= 4 is 6.47 Å². The number of carbonyl (C=O) groups is 1. The molecule has 0 unspecified atom stereocenters. The highest BCUT2D eigenvalue weighted by atomic mass is 19.1. The first kappa shape index (κ1) is 18.6.